The summed E-state index contributed by atoms with van der Waals surface area (Å²) in [6.45, 7) is 4.94. The van der Waals surface area contributed by atoms with Crippen molar-refractivity contribution in [2.24, 2.45) is 11.8 Å². The first-order chi connectivity index (χ1) is 8.48. The zero-order chi connectivity index (χ0) is 13.3. The van der Waals surface area contributed by atoms with Crippen molar-refractivity contribution in [3.8, 4) is 0 Å². The molecule has 2 fully saturated rings. The van der Waals surface area contributed by atoms with E-state index in [1.165, 1.54) is 0 Å². The van der Waals surface area contributed by atoms with Gasteiger partial charge in [-0.3, -0.25) is 4.79 Å². The Morgan fingerprint density at radius 1 is 1.39 bits per heavy atom. The first-order valence-electron chi connectivity index (χ1n) is 6.66. The van der Waals surface area contributed by atoms with Gasteiger partial charge in [-0.15, -0.1) is 0 Å². The predicted molar refractivity (Wildman–Crippen MR) is 64.7 cm³/mol. The molecular formula is C13H21NO4. The van der Waals surface area contributed by atoms with Crippen molar-refractivity contribution in [3.63, 3.8) is 0 Å². The molecule has 2 unspecified atom stereocenters. The summed E-state index contributed by atoms with van der Waals surface area (Å²) in [6.07, 6.45) is 1.52. The van der Waals surface area contributed by atoms with Crippen molar-refractivity contribution < 1.29 is 19.4 Å². The fourth-order valence-corrected chi connectivity index (χ4v) is 2.47. The van der Waals surface area contributed by atoms with Gasteiger partial charge in [0.15, 0.2) is 5.60 Å². The van der Waals surface area contributed by atoms with Crippen LogP contribution in [0, 0.1) is 11.8 Å². The standard InChI is InChI=1S/C13H21NO4/c1-3-18-12(16)13(17)4-6-14(7-5-13)11(15)10-8-9(10)2/h9-10,17H,3-8H2,1-2H3. The van der Waals surface area contributed by atoms with E-state index in [1.54, 1.807) is 11.8 Å². The van der Waals surface area contributed by atoms with Gasteiger partial charge in [0.1, 0.15) is 0 Å². The van der Waals surface area contributed by atoms with Crippen molar-refractivity contribution in [1.82, 2.24) is 4.90 Å². The van der Waals surface area contributed by atoms with Crippen LogP contribution in [0.25, 0.3) is 0 Å². The number of aliphatic hydroxyl groups is 1. The first-order valence-corrected chi connectivity index (χ1v) is 6.66. The molecule has 1 saturated heterocycles. The first kappa shape index (κ1) is 13.3. The third-order valence-corrected chi connectivity index (χ3v) is 3.98. The summed E-state index contributed by atoms with van der Waals surface area (Å²) in [5.74, 6) is 0.271. The maximum absolute atomic E-state index is 12.0. The van der Waals surface area contributed by atoms with Gasteiger partial charge in [0.25, 0.3) is 0 Å². The molecule has 0 aromatic carbocycles. The molecule has 2 aliphatic rings. The monoisotopic (exact) mass is 255 g/mol. The van der Waals surface area contributed by atoms with Gasteiger partial charge in [-0.05, 0) is 19.3 Å². The number of likely N-dealkylation sites (tertiary alicyclic amines) is 1. The predicted octanol–water partition coefficient (Wildman–Crippen LogP) is 0.559. The number of carbonyl (C=O) groups is 2. The van der Waals surface area contributed by atoms with E-state index < -0.39 is 11.6 Å². The quantitative estimate of drug-likeness (QED) is 0.748. The van der Waals surface area contributed by atoms with Crippen LogP contribution in [0.15, 0.2) is 0 Å². The van der Waals surface area contributed by atoms with Gasteiger partial charge in [0.05, 0.1) is 6.61 Å². The van der Waals surface area contributed by atoms with Crippen LogP contribution in [0.2, 0.25) is 0 Å². The smallest absolute Gasteiger partial charge is 0.338 e. The topological polar surface area (TPSA) is 66.8 Å². The Balaban J connectivity index is 1.87. The molecule has 2 atom stereocenters. The lowest BCUT2D eigenvalue weighted by molar-refractivity contribution is -0.171. The van der Waals surface area contributed by atoms with Crippen LogP contribution < -0.4 is 0 Å². The number of nitrogens with zero attached hydrogens (tertiary/aromatic N) is 1. The molecule has 1 amide bonds. The summed E-state index contributed by atoms with van der Waals surface area (Å²) >= 11 is 0. The molecule has 102 valence electrons. The van der Waals surface area contributed by atoms with E-state index in [2.05, 4.69) is 6.92 Å². The summed E-state index contributed by atoms with van der Waals surface area (Å²) in [4.78, 5) is 25.4. The van der Waals surface area contributed by atoms with Crippen molar-refractivity contribution in [3.05, 3.63) is 0 Å². The highest BCUT2D eigenvalue weighted by Crippen LogP contribution is 2.40. The van der Waals surface area contributed by atoms with E-state index in [4.69, 9.17) is 4.74 Å². The van der Waals surface area contributed by atoms with Crippen LogP contribution in [0.1, 0.15) is 33.1 Å². The molecule has 1 N–H and O–H groups in total. The van der Waals surface area contributed by atoms with Gasteiger partial charge >= 0.3 is 5.97 Å². The van der Waals surface area contributed by atoms with Crippen LogP contribution in [0.3, 0.4) is 0 Å². The molecule has 0 radical (unpaired) electrons. The maximum Gasteiger partial charge on any atom is 0.338 e. The Hall–Kier alpha value is -1.10. The zero-order valence-corrected chi connectivity index (χ0v) is 11.0. The largest absolute Gasteiger partial charge is 0.464 e. The Kier molecular flexibility index (Phi) is 3.61. The minimum atomic E-state index is -1.40. The Morgan fingerprint density at radius 3 is 2.39 bits per heavy atom. The fourth-order valence-electron chi connectivity index (χ4n) is 2.47. The van der Waals surface area contributed by atoms with Gasteiger partial charge in [0, 0.05) is 31.8 Å². The molecule has 1 saturated carbocycles. The molecule has 1 heterocycles. The van der Waals surface area contributed by atoms with Crippen molar-refractivity contribution >= 4 is 11.9 Å². The number of carbonyl (C=O) groups excluding carboxylic acids is 2. The average molecular weight is 255 g/mol. The number of hydrogen-bond acceptors (Lipinski definition) is 4. The molecular weight excluding hydrogens is 234 g/mol. The van der Waals surface area contributed by atoms with E-state index in [-0.39, 0.29) is 31.3 Å². The van der Waals surface area contributed by atoms with Crippen molar-refractivity contribution in [2.75, 3.05) is 19.7 Å². The van der Waals surface area contributed by atoms with Crippen LogP contribution in [0.4, 0.5) is 0 Å². The molecule has 5 heteroatoms. The number of piperidine rings is 1. The van der Waals surface area contributed by atoms with E-state index >= 15 is 0 Å². The summed E-state index contributed by atoms with van der Waals surface area (Å²) in [5, 5.41) is 10.2. The fraction of sp³-hybridized carbons (Fsp3) is 0.846. The summed E-state index contributed by atoms with van der Waals surface area (Å²) in [5.41, 5.74) is -1.40. The van der Waals surface area contributed by atoms with Crippen molar-refractivity contribution in [2.45, 2.75) is 38.7 Å². The number of amides is 1. The Labute approximate surface area is 107 Å². The average Bonchev–Trinajstić information content (AvgIpc) is 3.07. The second-order valence-electron chi connectivity index (χ2n) is 5.40. The zero-order valence-electron chi connectivity index (χ0n) is 11.0. The third-order valence-electron chi connectivity index (χ3n) is 3.98. The highest BCUT2D eigenvalue weighted by molar-refractivity contribution is 5.83. The molecule has 0 spiro atoms. The summed E-state index contributed by atoms with van der Waals surface area (Å²) < 4.78 is 4.86. The van der Waals surface area contributed by atoms with Gasteiger partial charge in [-0.25, -0.2) is 4.79 Å². The molecule has 0 aromatic heterocycles. The van der Waals surface area contributed by atoms with Gasteiger partial charge in [-0.2, -0.15) is 0 Å². The highest BCUT2D eigenvalue weighted by atomic mass is 16.5. The molecule has 5 nitrogen and oxygen atoms in total. The minimum absolute atomic E-state index is 0.166. The second kappa shape index (κ2) is 4.88. The van der Waals surface area contributed by atoms with Gasteiger partial charge < -0.3 is 14.7 Å². The SMILES string of the molecule is CCOC(=O)C1(O)CCN(C(=O)C2CC2C)CC1. The Bertz CT molecular complexity index is 347. The number of rotatable bonds is 3. The van der Waals surface area contributed by atoms with E-state index in [0.717, 1.165) is 6.42 Å². The lowest BCUT2D eigenvalue weighted by Gasteiger charge is -2.36. The normalized spacial score (nSPS) is 29.8. The molecule has 18 heavy (non-hydrogen) atoms. The number of ether oxygens (including phenoxy) is 1. The third kappa shape index (κ3) is 2.51. The molecule has 2 rings (SSSR count). The second-order valence-corrected chi connectivity index (χ2v) is 5.40. The Morgan fingerprint density at radius 2 is 1.94 bits per heavy atom. The van der Waals surface area contributed by atoms with E-state index in [1.807, 2.05) is 0 Å². The maximum atomic E-state index is 12.0. The number of hydrogen-bond donors (Lipinski definition) is 1. The van der Waals surface area contributed by atoms with Crippen LogP contribution in [0.5, 0.6) is 0 Å². The van der Waals surface area contributed by atoms with Gasteiger partial charge in [-0.1, -0.05) is 6.92 Å². The van der Waals surface area contributed by atoms with Crippen LogP contribution >= 0.6 is 0 Å². The molecule has 1 aliphatic heterocycles. The van der Waals surface area contributed by atoms with E-state index in [9.17, 15) is 14.7 Å². The molecule has 0 aromatic rings. The molecule has 1 aliphatic carbocycles. The minimum Gasteiger partial charge on any atom is -0.464 e. The van der Waals surface area contributed by atoms with Crippen LogP contribution in [-0.4, -0.2) is 47.2 Å². The van der Waals surface area contributed by atoms with Crippen LogP contribution in [-0.2, 0) is 14.3 Å². The lowest BCUT2D eigenvalue weighted by Crippen LogP contribution is -2.51. The van der Waals surface area contributed by atoms with Gasteiger partial charge in [0.2, 0.25) is 5.91 Å². The number of esters is 1. The summed E-state index contributed by atoms with van der Waals surface area (Å²) in [7, 11) is 0. The molecule has 0 bridgehead atoms. The van der Waals surface area contributed by atoms with E-state index in [0.29, 0.717) is 19.0 Å². The van der Waals surface area contributed by atoms with Crippen molar-refractivity contribution in [1.29, 1.82) is 0 Å². The lowest BCUT2D eigenvalue weighted by atomic mass is 9.91. The highest BCUT2D eigenvalue weighted by Gasteiger charge is 2.46. The summed E-state index contributed by atoms with van der Waals surface area (Å²) in [6, 6.07) is 0.